The zero-order valence-electron chi connectivity index (χ0n) is 10.7. The maximum absolute atomic E-state index is 13.4. The van der Waals surface area contributed by atoms with E-state index in [2.05, 4.69) is 5.32 Å². The molecule has 0 saturated heterocycles. The third kappa shape index (κ3) is 4.81. The van der Waals surface area contributed by atoms with Crippen molar-refractivity contribution >= 4 is 5.78 Å². The zero-order valence-corrected chi connectivity index (χ0v) is 10.7. The van der Waals surface area contributed by atoms with E-state index in [4.69, 9.17) is 9.47 Å². The summed E-state index contributed by atoms with van der Waals surface area (Å²) in [5, 5.41) is 2.95. The van der Waals surface area contributed by atoms with Gasteiger partial charge in [0.25, 0.3) is 0 Å². The largest absolute Gasteiger partial charge is 0.494 e. The highest BCUT2D eigenvalue weighted by Crippen LogP contribution is 2.17. The van der Waals surface area contributed by atoms with E-state index in [9.17, 15) is 9.18 Å². The number of hydrogen-bond acceptors (Lipinski definition) is 4. The summed E-state index contributed by atoms with van der Waals surface area (Å²) in [6, 6.07) is 4.54. The molecule has 18 heavy (non-hydrogen) atoms. The van der Waals surface area contributed by atoms with Crippen molar-refractivity contribution in [3.8, 4) is 5.75 Å². The normalized spacial score (nSPS) is 10.4. The van der Waals surface area contributed by atoms with Crippen LogP contribution in [0.2, 0.25) is 0 Å². The molecule has 5 heteroatoms. The van der Waals surface area contributed by atoms with Gasteiger partial charge in [-0.2, -0.15) is 0 Å². The Kier molecular flexibility index (Phi) is 6.32. The molecule has 1 N–H and O–H groups in total. The van der Waals surface area contributed by atoms with Crippen LogP contribution in [0.4, 0.5) is 4.39 Å². The minimum absolute atomic E-state index is 0.00988. The van der Waals surface area contributed by atoms with Gasteiger partial charge in [0, 0.05) is 20.1 Å². The summed E-state index contributed by atoms with van der Waals surface area (Å²) in [6.07, 6.45) is 0.209. The van der Waals surface area contributed by atoms with Crippen LogP contribution in [0.5, 0.6) is 5.75 Å². The number of ketones is 1. The number of nitrogens with one attached hydrogen (secondary N) is 1. The van der Waals surface area contributed by atoms with Gasteiger partial charge in [0.1, 0.15) is 0 Å². The molecule has 4 nitrogen and oxygen atoms in total. The van der Waals surface area contributed by atoms with E-state index in [1.54, 1.807) is 13.2 Å². The number of carbonyl (C=O) groups is 1. The Bertz CT molecular complexity index is 396. The lowest BCUT2D eigenvalue weighted by Gasteiger charge is -2.06. The van der Waals surface area contributed by atoms with Gasteiger partial charge in [-0.1, -0.05) is 6.07 Å². The van der Waals surface area contributed by atoms with Gasteiger partial charge in [0.2, 0.25) is 0 Å². The Morgan fingerprint density at radius 2 is 2.17 bits per heavy atom. The van der Waals surface area contributed by atoms with Crippen molar-refractivity contribution in [2.75, 3.05) is 33.9 Å². The third-order valence-corrected chi connectivity index (χ3v) is 2.42. The van der Waals surface area contributed by atoms with Crippen molar-refractivity contribution in [1.82, 2.24) is 5.32 Å². The molecule has 0 aromatic heterocycles. The van der Waals surface area contributed by atoms with Crippen LogP contribution < -0.4 is 10.1 Å². The summed E-state index contributed by atoms with van der Waals surface area (Å²) < 4.78 is 23.0. The summed E-state index contributed by atoms with van der Waals surface area (Å²) in [4.78, 5) is 11.6. The molecule has 1 rings (SSSR count). The van der Waals surface area contributed by atoms with Crippen LogP contribution >= 0.6 is 0 Å². The number of methoxy groups -OCH3 is 2. The number of benzene rings is 1. The molecule has 0 unspecified atom stereocenters. The number of Topliss-reactive ketones (excluding diaryl/α,β-unsaturated/α-hetero) is 1. The molecule has 1 aromatic carbocycles. The van der Waals surface area contributed by atoms with Crippen molar-refractivity contribution in [3.05, 3.63) is 29.6 Å². The van der Waals surface area contributed by atoms with Crippen LogP contribution in [0.15, 0.2) is 18.2 Å². The van der Waals surface area contributed by atoms with Gasteiger partial charge in [-0.3, -0.25) is 4.79 Å². The topological polar surface area (TPSA) is 47.6 Å². The molecule has 100 valence electrons. The average Bonchev–Trinajstić information content (AvgIpc) is 2.35. The fraction of sp³-hybridized carbons (Fsp3) is 0.462. The van der Waals surface area contributed by atoms with Crippen LogP contribution in [0.1, 0.15) is 5.56 Å². The molecule has 0 radical (unpaired) electrons. The maximum Gasteiger partial charge on any atom is 0.165 e. The standard InChI is InChI=1S/C13H18FNO3/c1-17-6-5-15-9-11(16)7-10-3-4-13(18-2)12(14)8-10/h3-4,8,15H,5-7,9H2,1-2H3. The lowest BCUT2D eigenvalue weighted by Crippen LogP contribution is -2.27. The fourth-order valence-corrected chi connectivity index (χ4v) is 1.51. The van der Waals surface area contributed by atoms with E-state index in [1.807, 2.05) is 0 Å². The lowest BCUT2D eigenvalue weighted by molar-refractivity contribution is -0.117. The van der Waals surface area contributed by atoms with E-state index < -0.39 is 5.82 Å². The highest BCUT2D eigenvalue weighted by atomic mass is 19.1. The zero-order chi connectivity index (χ0) is 13.4. The van der Waals surface area contributed by atoms with Crippen molar-refractivity contribution in [1.29, 1.82) is 0 Å². The van der Waals surface area contributed by atoms with E-state index in [-0.39, 0.29) is 24.5 Å². The fourth-order valence-electron chi connectivity index (χ4n) is 1.51. The molecular formula is C13H18FNO3. The highest BCUT2D eigenvalue weighted by molar-refractivity contribution is 5.82. The van der Waals surface area contributed by atoms with Gasteiger partial charge in [-0.25, -0.2) is 4.39 Å². The second-order valence-electron chi connectivity index (χ2n) is 3.85. The van der Waals surface area contributed by atoms with Gasteiger partial charge < -0.3 is 14.8 Å². The maximum atomic E-state index is 13.4. The molecule has 0 aliphatic carbocycles. The van der Waals surface area contributed by atoms with Gasteiger partial charge in [0.05, 0.1) is 20.3 Å². The van der Waals surface area contributed by atoms with Crippen LogP contribution in [-0.4, -0.2) is 39.7 Å². The number of hydrogen-bond donors (Lipinski definition) is 1. The first-order chi connectivity index (χ1) is 8.67. The van der Waals surface area contributed by atoms with Crippen LogP contribution in [0.3, 0.4) is 0 Å². The molecule has 0 atom stereocenters. The van der Waals surface area contributed by atoms with Crippen molar-refractivity contribution in [3.63, 3.8) is 0 Å². The van der Waals surface area contributed by atoms with E-state index in [0.717, 1.165) is 0 Å². The summed E-state index contributed by atoms with van der Waals surface area (Å²) in [6.45, 7) is 1.45. The Morgan fingerprint density at radius 1 is 1.39 bits per heavy atom. The molecule has 0 amide bonds. The molecule has 0 heterocycles. The van der Waals surface area contributed by atoms with Crippen LogP contribution in [-0.2, 0) is 16.0 Å². The first-order valence-electron chi connectivity index (χ1n) is 5.71. The Labute approximate surface area is 106 Å². The van der Waals surface area contributed by atoms with Gasteiger partial charge in [-0.05, 0) is 17.7 Å². The van der Waals surface area contributed by atoms with Crippen molar-refractivity contribution in [2.24, 2.45) is 0 Å². The minimum Gasteiger partial charge on any atom is -0.494 e. The quantitative estimate of drug-likeness (QED) is 0.709. The number of halogens is 1. The van der Waals surface area contributed by atoms with E-state index >= 15 is 0 Å². The molecule has 0 aliphatic heterocycles. The molecule has 0 spiro atoms. The predicted octanol–water partition coefficient (Wildman–Crippen LogP) is 1.18. The van der Waals surface area contributed by atoms with E-state index in [0.29, 0.717) is 18.7 Å². The second-order valence-corrected chi connectivity index (χ2v) is 3.85. The lowest BCUT2D eigenvalue weighted by atomic mass is 10.1. The Morgan fingerprint density at radius 3 is 2.78 bits per heavy atom. The molecule has 0 bridgehead atoms. The molecule has 0 fully saturated rings. The minimum atomic E-state index is -0.449. The summed E-state index contributed by atoms with van der Waals surface area (Å²) >= 11 is 0. The third-order valence-electron chi connectivity index (χ3n) is 2.42. The summed E-state index contributed by atoms with van der Waals surface area (Å²) in [7, 11) is 3.01. The van der Waals surface area contributed by atoms with Gasteiger partial charge in [0.15, 0.2) is 17.3 Å². The summed E-state index contributed by atoms with van der Waals surface area (Å²) in [5.41, 5.74) is 0.645. The molecular weight excluding hydrogens is 237 g/mol. The van der Waals surface area contributed by atoms with Crippen LogP contribution in [0.25, 0.3) is 0 Å². The predicted molar refractivity (Wildman–Crippen MR) is 66.4 cm³/mol. The molecule has 1 aromatic rings. The monoisotopic (exact) mass is 255 g/mol. The molecule has 0 saturated carbocycles. The van der Waals surface area contributed by atoms with Gasteiger partial charge >= 0.3 is 0 Å². The average molecular weight is 255 g/mol. The SMILES string of the molecule is COCCNCC(=O)Cc1ccc(OC)c(F)c1. The number of carbonyl (C=O) groups excluding carboxylic acids is 1. The van der Waals surface area contributed by atoms with Gasteiger partial charge in [-0.15, -0.1) is 0 Å². The first kappa shape index (κ1) is 14.6. The Hall–Kier alpha value is -1.46. The molecule has 0 aliphatic rings. The highest BCUT2D eigenvalue weighted by Gasteiger charge is 2.07. The van der Waals surface area contributed by atoms with Crippen molar-refractivity contribution < 1.29 is 18.7 Å². The second kappa shape index (κ2) is 7.79. The van der Waals surface area contributed by atoms with Crippen LogP contribution in [0, 0.1) is 5.82 Å². The number of ether oxygens (including phenoxy) is 2. The van der Waals surface area contributed by atoms with E-state index in [1.165, 1.54) is 19.2 Å². The smallest absolute Gasteiger partial charge is 0.165 e. The summed E-state index contributed by atoms with van der Waals surface area (Å²) in [5.74, 6) is -0.254. The Balaban J connectivity index is 2.42. The van der Waals surface area contributed by atoms with Crippen molar-refractivity contribution in [2.45, 2.75) is 6.42 Å². The number of rotatable bonds is 8. The first-order valence-corrected chi connectivity index (χ1v) is 5.71.